The third kappa shape index (κ3) is 3.95. The Labute approximate surface area is 150 Å². The molecule has 1 aliphatic carbocycles. The number of carbonyl (C=O) groups is 1. The summed E-state index contributed by atoms with van der Waals surface area (Å²) in [6.07, 6.45) is 4.53. The molecule has 2 atom stereocenters. The second kappa shape index (κ2) is 7.86. The molecule has 0 aliphatic heterocycles. The van der Waals surface area contributed by atoms with Crippen LogP contribution < -0.4 is 5.56 Å². The molecule has 1 aliphatic rings. The van der Waals surface area contributed by atoms with Crippen LogP contribution in [0.15, 0.2) is 4.79 Å². The molecule has 5 heteroatoms. The Morgan fingerprint density at radius 1 is 1.28 bits per heavy atom. The molecule has 1 saturated carbocycles. The van der Waals surface area contributed by atoms with Crippen LogP contribution in [0.3, 0.4) is 0 Å². The lowest BCUT2D eigenvalue weighted by atomic mass is 9.78. The number of hydrogen-bond acceptors (Lipinski definition) is 3. The Balaban J connectivity index is 2.12. The highest BCUT2D eigenvalue weighted by molar-refractivity contribution is 5.76. The molecule has 2 rings (SSSR count). The second-order valence-corrected chi connectivity index (χ2v) is 7.55. The number of pyridine rings is 1. The lowest BCUT2D eigenvalue weighted by Gasteiger charge is -2.41. The van der Waals surface area contributed by atoms with E-state index in [9.17, 15) is 9.59 Å². The first kappa shape index (κ1) is 19.2. The predicted octanol–water partition coefficient (Wildman–Crippen LogP) is 3.08. The first-order chi connectivity index (χ1) is 11.8. The molecule has 136 valence electrons. The number of hydrogen-bond donors (Lipinski definition) is 1. The molecule has 0 unspecified atom stereocenters. The number of nitrogens with one attached hydrogen (secondary N) is 1. The molecule has 1 amide bonds. The lowest BCUT2D eigenvalue weighted by Crippen LogP contribution is -2.47. The van der Waals surface area contributed by atoms with Gasteiger partial charge in [0.25, 0.3) is 5.56 Å². The SMILES string of the molecule is Cc1[nH]c(=O)c(C#N)c(C)c1CCC(=O)N(C)C1[C@@H](C)CCC[C@@H]1C. The van der Waals surface area contributed by atoms with Gasteiger partial charge in [0.05, 0.1) is 0 Å². The van der Waals surface area contributed by atoms with E-state index in [-0.39, 0.29) is 17.0 Å². The van der Waals surface area contributed by atoms with Gasteiger partial charge in [-0.05, 0) is 56.1 Å². The number of aryl methyl sites for hydroxylation is 1. The van der Waals surface area contributed by atoms with Crippen LogP contribution in [0.5, 0.6) is 0 Å². The average Bonchev–Trinajstić information content (AvgIpc) is 2.54. The van der Waals surface area contributed by atoms with Crippen molar-refractivity contribution in [3.63, 3.8) is 0 Å². The summed E-state index contributed by atoms with van der Waals surface area (Å²) in [5, 5.41) is 9.16. The third-order valence-electron chi connectivity index (χ3n) is 5.83. The van der Waals surface area contributed by atoms with E-state index in [2.05, 4.69) is 18.8 Å². The fourth-order valence-electron chi connectivity index (χ4n) is 4.42. The zero-order valence-corrected chi connectivity index (χ0v) is 16.0. The van der Waals surface area contributed by atoms with E-state index in [1.165, 1.54) is 19.3 Å². The molecule has 1 aromatic rings. The molecule has 0 radical (unpaired) electrons. The largest absolute Gasteiger partial charge is 0.342 e. The van der Waals surface area contributed by atoms with E-state index in [1.807, 2.05) is 24.9 Å². The summed E-state index contributed by atoms with van der Waals surface area (Å²) in [6, 6.07) is 2.27. The quantitative estimate of drug-likeness (QED) is 0.912. The molecule has 25 heavy (non-hydrogen) atoms. The average molecular weight is 343 g/mol. The van der Waals surface area contributed by atoms with Gasteiger partial charge in [-0.25, -0.2) is 0 Å². The topological polar surface area (TPSA) is 77.0 Å². The number of aromatic amines is 1. The fourth-order valence-corrected chi connectivity index (χ4v) is 4.42. The molecular weight excluding hydrogens is 314 g/mol. The summed E-state index contributed by atoms with van der Waals surface area (Å²) in [4.78, 5) is 29.2. The van der Waals surface area contributed by atoms with Crippen LogP contribution in [0.1, 0.15) is 61.9 Å². The van der Waals surface area contributed by atoms with Gasteiger partial charge >= 0.3 is 0 Å². The van der Waals surface area contributed by atoms with Gasteiger partial charge in [0, 0.05) is 25.2 Å². The van der Waals surface area contributed by atoms with Crippen LogP contribution in [0.25, 0.3) is 0 Å². The summed E-state index contributed by atoms with van der Waals surface area (Å²) in [7, 11) is 1.92. The van der Waals surface area contributed by atoms with Crippen molar-refractivity contribution in [2.24, 2.45) is 11.8 Å². The molecule has 1 fully saturated rings. The van der Waals surface area contributed by atoms with Crippen LogP contribution in [-0.2, 0) is 11.2 Å². The van der Waals surface area contributed by atoms with E-state index in [1.54, 1.807) is 6.92 Å². The number of aromatic nitrogens is 1. The highest BCUT2D eigenvalue weighted by Crippen LogP contribution is 2.32. The van der Waals surface area contributed by atoms with Crippen molar-refractivity contribution < 1.29 is 4.79 Å². The molecule has 5 nitrogen and oxygen atoms in total. The minimum absolute atomic E-state index is 0.133. The number of nitriles is 1. The minimum atomic E-state index is -0.352. The van der Waals surface area contributed by atoms with Gasteiger partial charge in [0.2, 0.25) is 5.91 Å². The number of rotatable bonds is 4. The Morgan fingerprint density at radius 2 is 1.88 bits per heavy atom. The molecule has 0 bridgehead atoms. The van der Waals surface area contributed by atoms with Gasteiger partial charge < -0.3 is 9.88 Å². The molecule has 1 aromatic heterocycles. The Kier molecular flexibility index (Phi) is 6.05. The van der Waals surface area contributed by atoms with Crippen molar-refractivity contribution in [2.75, 3.05) is 7.05 Å². The van der Waals surface area contributed by atoms with Gasteiger partial charge in [0.15, 0.2) is 0 Å². The minimum Gasteiger partial charge on any atom is -0.342 e. The molecule has 0 aromatic carbocycles. The van der Waals surface area contributed by atoms with E-state index in [4.69, 9.17) is 5.26 Å². The van der Waals surface area contributed by atoms with Gasteiger partial charge in [-0.1, -0.05) is 20.3 Å². The highest BCUT2D eigenvalue weighted by Gasteiger charge is 2.32. The van der Waals surface area contributed by atoms with Crippen molar-refractivity contribution in [1.82, 2.24) is 9.88 Å². The molecule has 0 saturated heterocycles. The standard InChI is InChI=1S/C20H29N3O2/c1-12-7-6-8-13(2)19(12)23(5)18(24)10-9-16-14(3)17(11-21)20(25)22-15(16)4/h12-13,19H,6-10H2,1-5H3,(H,22,25)/t12-,13-/m0/s1. The van der Waals surface area contributed by atoms with Crippen molar-refractivity contribution in [1.29, 1.82) is 5.26 Å². The van der Waals surface area contributed by atoms with Crippen molar-refractivity contribution >= 4 is 5.91 Å². The Bertz CT molecular complexity index is 735. The van der Waals surface area contributed by atoms with Crippen LogP contribution in [-0.4, -0.2) is 28.9 Å². The van der Waals surface area contributed by atoms with Crippen LogP contribution in [0.2, 0.25) is 0 Å². The smallest absolute Gasteiger partial charge is 0.266 e. The van der Waals surface area contributed by atoms with Gasteiger partial charge in [-0.2, -0.15) is 5.26 Å². The van der Waals surface area contributed by atoms with E-state index in [0.717, 1.165) is 11.3 Å². The maximum Gasteiger partial charge on any atom is 0.266 e. The Hall–Kier alpha value is -2.09. The molecule has 1 N–H and O–H groups in total. The summed E-state index contributed by atoms with van der Waals surface area (Å²) in [5.41, 5.74) is 2.14. The lowest BCUT2D eigenvalue weighted by molar-refractivity contribution is -0.134. The van der Waals surface area contributed by atoms with Crippen LogP contribution in [0.4, 0.5) is 0 Å². The van der Waals surface area contributed by atoms with E-state index in [0.29, 0.717) is 36.3 Å². The molecule has 0 spiro atoms. The van der Waals surface area contributed by atoms with Gasteiger partial charge in [-0.15, -0.1) is 0 Å². The van der Waals surface area contributed by atoms with Crippen molar-refractivity contribution in [3.05, 3.63) is 32.7 Å². The van der Waals surface area contributed by atoms with Gasteiger partial charge in [-0.3, -0.25) is 9.59 Å². The zero-order chi connectivity index (χ0) is 18.7. The third-order valence-corrected chi connectivity index (χ3v) is 5.83. The van der Waals surface area contributed by atoms with E-state index < -0.39 is 0 Å². The maximum atomic E-state index is 12.7. The van der Waals surface area contributed by atoms with Crippen molar-refractivity contribution in [3.8, 4) is 6.07 Å². The number of amides is 1. The highest BCUT2D eigenvalue weighted by atomic mass is 16.2. The predicted molar refractivity (Wildman–Crippen MR) is 98.3 cm³/mol. The normalized spacial score (nSPS) is 21.0. The van der Waals surface area contributed by atoms with Crippen LogP contribution in [0, 0.1) is 37.0 Å². The number of nitrogens with zero attached hydrogens (tertiary/aromatic N) is 2. The first-order valence-electron chi connectivity index (χ1n) is 9.16. The van der Waals surface area contributed by atoms with E-state index >= 15 is 0 Å². The summed E-state index contributed by atoms with van der Waals surface area (Å²) >= 11 is 0. The summed E-state index contributed by atoms with van der Waals surface area (Å²) in [5.74, 6) is 1.19. The summed E-state index contributed by atoms with van der Waals surface area (Å²) < 4.78 is 0. The first-order valence-corrected chi connectivity index (χ1v) is 9.16. The number of carbonyl (C=O) groups excluding carboxylic acids is 1. The second-order valence-electron chi connectivity index (χ2n) is 7.55. The fraction of sp³-hybridized carbons (Fsp3) is 0.650. The zero-order valence-electron chi connectivity index (χ0n) is 16.0. The van der Waals surface area contributed by atoms with Crippen LogP contribution >= 0.6 is 0 Å². The van der Waals surface area contributed by atoms with Crippen molar-refractivity contribution in [2.45, 2.75) is 65.8 Å². The van der Waals surface area contributed by atoms with Gasteiger partial charge in [0.1, 0.15) is 11.6 Å². The monoisotopic (exact) mass is 343 g/mol. The molecular formula is C20H29N3O2. The Morgan fingerprint density at radius 3 is 2.44 bits per heavy atom. The maximum absolute atomic E-state index is 12.7. The summed E-state index contributed by atoms with van der Waals surface area (Å²) in [6.45, 7) is 8.08. The molecule has 1 heterocycles. The number of H-pyrrole nitrogens is 1.